The van der Waals surface area contributed by atoms with Crippen molar-refractivity contribution in [3.05, 3.63) is 0 Å². The van der Waals surface area contributed by atoms with E-state index in [0.717, 1.165) is 19.6 Å². The van der Waals surface area contributed by atoms with Crippen LogP contribution in [-0.4, -0.2) is 47.6 Å². The summed E-state index contributed by atoms with van der Waals surface area (Å²) in [7, 11) is 0. The number of carbonyl (C=O) groups is 2. The lowest BCUT2D eigenvalue weighted by molar-refractivity contribution is -0.143. The molecule has 1 rings (SSSR count). The van der Waals surface area contributed by atoms with Gasteiger partial charge < -0.3 is 15.3 Å². The first kappa shape index (κ1) is 16.0. The Morgan fingerprint density at radius 2 is 1.74 bits per heavy atom. The van der Waals surface area contributed by atoms with Gasteiger partial charge in [0.05, 0.1) is 0 Å². The molecule has 5 heteroatoms. The summed E-state index contributed by atoms with van der Waals surface area (Å²) in [6, 6.07) is -0.781. The van der Waals surface area contributed by atoms with Gasteiger partial charge in [-0.1, -0.05) is 26.7 Å². The second-order valence-electron chi connectivity index (χ2n) is 5.63. The Bertz CT molecular complexity index is 297. The van der Waals surface area contributed by atoms with Crippen molar-refractivity contribution < 1.29 is 14.7 Å². The molecule has 0 spiro atoms. The summed E-state index contributed by atoms with van der Waals surface area (Å²) in [5.41, 5.74) is 0. The fourth-order valence-corrected chi connectivity index (χ4v) is 2.38. The molecule has 0 bridgehead atoms. The molecule has 1 unspecified atom stereocenters. The average Bonchev–Trinajstić information content (AvgIpc) is 2.61. The van der Waals surface area contributed by atoms with Crippen molar-refractivity contribution in [2.24, 2.45) is 5.92 Å². The summed E-state index contributed by atoms with van der Waals surface area (Å²) < 4.78 is 0. The van der Waals surface area contributed by atoms with Crippen LogP contribution in [-0.2, 0) is 9.59 Å². The molecule has 1 aliphatic heterocycles. The summed E-state index contributed by atoms with van der Waals surface area (Å²) in [5, 5.41) is 11.6. The van der Waals surface area contributed by atoms with Gasteiger partial charge in [0.1, 0.15) is 6.04 Å². The third-order valence-electron chi connectivity index (χ3n) is 3.60. The van der Waals surface area contributed by atoms with Gasteiger partial charge in [-0.3, -0.25) is 4.79 Å². The highest BCUT2D eigenvalue weighted by molar-refractivity contribution is 5.83. The Balaban J connectivity index is 2.31. The Kier molecular flexibility index (Phi) is 6.84. The smallest absolute Gasteiger partial charge is 0.326 e. The van der Waals surface area contributed by atoms with Crippen LogP contribution in [0, 0.1) is 5.92 Å². The Morgan fingerprint density at radius 1 is 1.16 bits per heavy atom. The molecule has 1 saturated heterocycles. The number of carboxylic acid groups (broad SMARTS) is 1. The van der Waals surface area contributed by atoms with Crippen LogP contribution in [0.15, 0.2) is 0 Å². The van der Waals surface area contributed by atoms with Crippen LogP contribution < -0.4 is 5.32 Å². The van der Waals surface area contributed by atoms with E-state index in [9.17, 15) is 9.59 Å². The van der Waals surface area contributed by atoms with Crippen LogP contribution in [0.5, 0.6) is 0 Å². The van der Waals surface area contributed by atoms with E-state index >= 15 is 0 Å². The zero-order valence-corrected chi connectivity index (χ0v) is 12.0. The van der Waals surface area contributed by atoms with Crippen molar-refractivity contribution in [3.63, 3.8) is 0 Å². The summed E-state index contributed by atoms with van der Waals surface area (Å²) in [4.78, 5) is 25.1. The molecule has 0 radical (unpaired) electrons. The van der Waals surface area contributed by atoms with E-state index in [1.54, 1.807) is 13.8 Å². The average molecular weight is 270 g/mol. The fraction of sp³-hybridized carbons (Fsp3) is 0.857. The van der Waals surface area contributed by atoms with Crippen LogP contribution in [0.3, 0.4) is 0 Å². The summed E-state index contributed by atoms with van der Waals surface area (Å²) in [5.74, 6) is -1.22. The van der Waals surface area contributed by atoms with E-state index in [4.69, 9.17) is 5.11 Å². The molecular weight excluding hydrogens is 244 g/mol. The van der Waals surface area contributed by atoms with Gasteiger partial charge in [-0.25, -0.2) is 4.79 Å². The molecule has 1 amide bonds. The quantitative estimate of drug-likeness (QED) is 0.767. The lowest BCUT2D eigenvalue weighted by Crippen LogP contribution is -2.45. The molecule has 1 atom stereocenters. The Morgan fingerprint density at radius 3 is 2.21 bits per heavy atom. The molecule has 2 N–H and O–H groups in total. The van der Waals surface area contributed by atoms with Gasteiger partial charge in [-0.05, 0) is 31.8 Å². The number of rotatable bonds is 6. The van der Waals surface area contributed by atoms with Gasteiger partial charge in [-0.15, -0.1) is 0 Å². The monoisotopic (exact) mass is 270 g/mol. The molecule has 0 aliphatic carbocycles. The molecule has 5 nitrogen and oxygen atoms in total. The highest BCUT2D eigenvalue weighted by atomic mass is 16.4. The number of nitrogens with one attached hydrogen (secondary N) is 1. The van der Waals surface area contributed by atoms with Crippen molar-refractivity contribution >= 4 is 11.9 Å². The lowest BCUT2D eigenvalue weighted by atomic mass is 10.0. The van der Waals surface area contributed by atoms with E-state index < -0.39 is 12.0 Å². The van der Waals surface area contributed by atoms with Crippen LogP contribution in [0.2, 0.25) is 0 Å². The van der Waals surface area contributed by atoms with Crippen LogP contribution >= 0.6 is 0 Å². The fourth-order valence-electron chi connectivity index (χ4n) is 2.38. The SMILES string of the molecule is CC(C)C(NC(=O)CCN1CCCCCC1)C(=O)O. The number of carbonyl (C=O) groups excluding carboxylic acids is 1. The molecule has 0 aromatic carbocycles. The number of aliphatic carboxylic acids is 1. The normalized spacial score (nSPS) is 18.9. The van der Waals surface area contributed by atoms with Crippen LogP contribution in [0.4, 0.5) is 0 Å². The highest BCUT2D eigenvalue weighted by Crippen LogP contribution is 2.10. The Hall–Kier alpha value is -1.10. The van der Waals surface area contributed by atoms with Crippen molar-refractivity contribution in [2.75, 3.05) is 19.6 Å². The molecule has 1 heterocycles. The van der Waals surface area contributed by atoms with E-state index in [1.165, 1.54) is 25.7 Å². The maximum Gasteiger partial charge on any atom is 0.326 e. The molecule has 0 aromatic heterocycles. The first-order valence-corrected chi connectivity index (χ1v) is 7.25. The second-order valence-corrected chi connectivity index (χ2v) is 5.63. The number of amides is 1. The minimum Gasteiger partial charge on any atom is -0.480 e. The van der Waals surface area contributed by atoms with Gasteiger partial charge in [0.2, 0.25) is 5.91 Å². The minimum atomic E-state index is -0.960. The van der Waals surface area contributed by atoms with Gasteiger partial charge in [0.15, 0.2) is 0 Å². The molecule has 0 saturated carbocycles. The third-order valence-corrected chi connectivity index (χ3v) is 3.60. The number of hydrogen-bond acceptors (Lipinski definition) is 3. The van der Waals surface area contributed by atoms with E-state index in [2.05, 4.69) is 10.2 Å². The zero-order chi connectivity index (χ0) is 14.3. The van der Waals surface area contributed by atoms with Gasteiger partial charge in [0.25, 0.3) is 0 Å². The number of carboxylic acids is 1. The molecule has 1 fully saturated rings. The topological polar surface area (TPSA) is 69.6 Å². The van der Waals surface area contributed by atoms with Crippen LogP contribution in [0.25, 0.3) is 0 Å². The van der Waals surface area contributed by atoms with Gasteiger partial charge in [0, 0.05) is 13.0 Å². The Labute approximate surface area is 115 Å². The second kappa shape index (κ2) is 8.15. The molecule has 0 aromatic rings. The van der Waals surface area contributed by atoms with Crippen LogP contribution in [0.1, 0.15) is 46.0 Å². The third kappa shape index (κ3) is 6.05. The van der Waals surface area contributed by atoms with Crippen molar-refractivity contribution in [1.82, 2.24) is 10.2 Å². The minimum absolute atomic E-state index is 0.0976. The maximum atomic E-state index is 11.8. The van der Waals surface area contributed by atoms with Crippen molar-refractivity contribution in [2.45, 2.75) is 52.0 Å². The lowest BCUT2D eigenvalue weighted by Gasteiger charge is -2.21. The summed E-state index contributed by atoms with van der Waals surface area (Å²) in [6.45, 7) is 6.44. The largest absolute Gasteiger partial charge is 0.480 e. The number of nitrogens with zero attached hydrogens (tertiary/aromatic N) is 1. The first-order valence-electron chi connectivity index (χ1n) is 7.25. The molecule has 1 aliphatic rings. The molecule has 110 valence electrons. The molecular formula is C14H26N2O3. The van der Waals surface area contributed by atoms with Crippen molar-refractivity contribution in [1.29, 1.82) is 0 Å². The van der Waals surface area contributed by atoms with E-state index in [0.29, 0.717) is 6.42 Å². The van der Waals surface area contributed by atoms with Gasteiger partial charge in [-0.2, -0.15) is 0 Å². The number of likely N-dealkylation sites (tertiary alicyclic amines) is 1. The predicted octanol–water partition coefficient (Wildman–Crippen LogP) is 1.48. The summed E-state index contributed by atoms with van der Waals surface area (Å²) >= 11 is 0. The zero-order valence-electron chi connectivity index (χ0n) is 12.0. The number of hydrogen-bond donors (Lipinski definition) is 2. The van der Waals surface area contributed by atoms with E-state index in [1.807, 2.05) is 0 Å². The highest BCUT2D eigenvalue weighted by Gasteiger charge is 2.23. The molecule has 19 heavy (non-hydrogen) atoms. The standard InChI is InChI=1S/C14H26N2O3/c1-11(2)13(14(18)19)15-12(17)7-10-16-8-5-3-4-6-9-16/h11,13H,3-10H2,1-2H3,(H,15,17)(H,18,19). The van der Waals surface area contributed by atoms with Crippen molar-refractivity contribution in [3.8, 4) is 0 Å². The van der Waals surface area contributed by atoms with E-state index in [-0.39, 0.29) is 11.8 Å². The first-order chi connectivity index (χ1) is 9.00. The summed E-state index contributed by atoms with van der Waals surface area (Å²) in [6.07, 6.45) is 5.33. The van der Waals surface area contributed by atoms with Gasteiger partial charge >= 0.3 is 5.97 Å². The predicted molar refractivity (Wildman–Crippen MR) is 73.9 cm³/mol. The maximum absolute atomic E-state index is 11.8.